The van der Waals surface area contributed by atoms with E-state index in [2.05, 4.69) is 52.9 Å². The molecule has 0 amide bonds. The summed E-state index contributed by atoms with van der Waals surface area (Å²) < 4.78 is 7.67. The van der Waals surface area contributed by atoms with Crippen LogP contribution in [0.3, 0.4) is 0 Å². The van der Waals surface area contributed by atoms with Crippen LogP contribution in [0.2, 0.25) is 0 Å². The van der Waals surface area contributed by atoms with Crippen molar-refractivity contribution in [2.75, 3.05) is 6.61 Å². The van der Waals surface area contributed by atoms with E-state index >= 15 is 0 Å². The summed E-state index contributed by atoms with van der Waals surface area (Å²) in [7, 11) is 0. The molecule has 0 aliphatic heterocycles. The van der Waals surface area contributed by atoms with E-state index in [0.717, 1.165) is 34.6 Å². The van der Waals surface area contributed by atoms with Crippen molar-refractivity contribution < 1.29 is 4.74 Å². The van der Waals surface area contributed by atoms with Crippen molar-refractivity contribution >= 4 is 11.8 Å². The van der Waals surface area contributed by atoms with Gasteiger partial charge in [-0.05, 0) is 50.6 Å². The van der Waals surface area contributed by atoms with Gasteiger partial charge in [-0.3, -0.25) is 0 Å². The van der Waals surface area contributed by atoms with Crippen LogP contribution in [0.4, 0.5) is 0 Å². The zero-order chi connectivity index (χ0) is 17.6. The number of hydrogen-bond donors (Lipinski definition) is 0. The van der Waals surface area contributed by atoms with E-state index in [0.29, 0.717) is 6.61 Å². The van der Waals surface area contributed by atoms with Crippen molar-refractivity contribution in [3.63, 3.8) is 0 Å². The quantitative estimate of drug-likeness (QED) is 0.563. The molecule has 25 heavy (non-hydrogen) atoms. The molecule has 0 unspecified atom stereocenters. The largest absolute Gasteiger partial charge is 0.494 e. The molecule has 3 rings (SSSR count). The maximum Gasteiger partial charge on any atom is 0.191 e. The molecule has 0 saturated heterocycles. The minimum absolute atomic E-state index is 0.671. The van der Waals surface area contributed by atoms with Gasteiger partial charge >= 0.3 is 0 Å². The van der Waals surface area contributed by atoms with E-state index in [1.807, 2.05) is 31.2 Å². The Bertz CT molecular complexity index is 827. The summed E-state index contributed by atoms with van der Waals surface area (Å²) in [6.45, 7) is 7.74. The van der Waals surface area contributed by atoms with Crippen molar-refractivity contribution in [2.45, 2.75) is 38.2 Å². The van der Waals surface area contributed by atoms with Crippen molar-refractivity contribution in [1.82, 2.24) is 14.8 Å². The predicted molar refractivity (Wildman–Crippen MR) is 103 cm³/mol. The summed E-state index contributed by atoms with van der Waals surface area (Å²) in [5.41, 5.74) is 3.64. The van der Waals surface area contributed by atoms with Crippen LogP contribution < -0.4 is 4.74 Å². The van der Waals surface area contributed by atoms with E-state index in [1.165, 1.54) is 11.1 Å². The van der Waals surface area contributed by atoms with Crippen LogP contribution in [-0.2, 0) is 12.3 Å². The zero-order valence-electron chi connectivity index (χ0n) is 14.9. The number of aryl methyl sites for hydroxylation is 1. The van der Waals surface area contributed by atoms with Crippen molar-refractivity contribution in [3.8, 4) is 17.1 Å². The highest BCUT2D eigenvalue weighted by atomic mass is 32.2. The number of thioether (sulfide) groups is 1. The third kappa shape index (κ3) is 4.23. The third-order valence-electron chi connectivity index (χ3n) is 3.91. The van der Waals surface area contributed by atoms with Crippen LogP contribution in [0.15, 0.2) is 53.7 Å². The van der Waals surface area contributed by atoms with Crippen LogP contribution in [-0.4, -0.2) is 21.4 Å². The van der Waals surface area contributed by atoms with E-state index in [1.54, 1.807) is 11.8 Å². The fourth-order valence-corrected chi connectivity index (χ4v) is 3.66. The van der Waals surface area contributed by atoms with Crippen molar-refractivity contribution in [1.29, 1.82) is 0 Å². The number of ether oxygens (including phenoxy) is 1. The van der Waals surface area contributed by atoms with Crippen LogP contribution >= 0.6 is 11.8 Å². The molecule has 0 bridgehead atoms. The number of rotatable bonds is 7. The van der Waals surface area contributed by atoms with Crippen molar-refractivity contribution in [3.05, 3.63) is 59.7 Å². The Balaban J connectivity index is 1.78. The zero-order valence-corrected chi connectivity index (χ0v) is 15.7. The SMILES string of the molecule is CCOc1ccc(-c2nnc(SCc3cccc(C)c3)n2CC)cc1. The highest BCUT2D eigenvalue weighted by molar-refractivity contribution is 7.98. The van der Waals surface area contributed by atoms with Gasteiger partial charge in [-0.25, -0.2) is 0 Å². The van der Waals surface area contributed by atoms with Gasteiger partial charge in [-0.2, -0.15) is 0 Å². The number of hydrogen-bond acceptors (Lipinski definition) is 4. The average Bonchev–Trinajstić information content (AvgIpc) is 3.04. The van der Waals surface area contributed by atoms with Gasteiger partial charge in [0.2, 0.25) is 0 Å². The lowest BCUT2D eigenvalue weighted by Crippen LogP contribution is -2.00. The Kier molecular flexibility index (Phi) is 5.76. The Morgan fingerprint density at radius 1 is 1.04 bits per heavy atom. The molecule has 4 nitrogen and oxygen atoms in total. The van der Waals surface area contributed by atoms with Gasteiger partial charge in [0.25, 0.3) is 0 Å². The predicted octanol–water partition coefficient (Wildman–Crippen LogP) is 4.96. The average molecular weight is 353 g/mol. The van der Waals surface area contributed by atoms with Crippen LogP contribution in [0.25, 0.3) is 11.4 Å². The molecule has 2 aromatic carbocycles. The maximum atomic E-state index is 5.51. The van der Waals surface area contributed by atoms with Crippen LogP contribution in [0.1, 0.15) is 25.0 Å². The minimum Gasteiger partial charge on any atom is -0.494 e. The Morgan fingerprint density at radius 3 is 2.52 bits per heavy atom. The molecule has 5 heteroatoms. The Hall–Kier alpha value is -2.27. The summed E-state index contributed by atoms with van der Waals surface area (Å²) in [5, 5.41) is 9.77. The summed E-state index contributed by atoms with van der Waals surface area (Å²) in [4.78, 5) is 0. The summed E-state index contributed by atoms with van der Waals surface area (Å²) >= 11 is 1.72. The topological polar surface area (TPSA) is 39.9 Å². The second-order valence-corrected chi connectivity index (χ2v) is 6.73. The lowest BCUT2D eigenvalue weighted by molar-refractivity contribution is 0.340. The first kappa shape index (κ1) is 17.5. The maximum absolute atomic E-state index is 5.51. The summed E-state index contributed by atoms with van der Waals surface area (Å²) in [6.07, 6.45) is 0. The van der Waals surface area contributed by atoms with E-state index in [4.69, 9.17) is 4.74 Å². The van der Waals surface area contributed by atoms with Crippen molar-refractivity contribution in [2.24, 2.45) is 0 Å². The Labute approximate surface area is 153 Å². The molecular weight excluding hydrogens is 330 g/mol. The van der Waals surface area contributed by atoms with Gasteiger partial charge in [0.05, 0.1) is 6.61 Å². The summed E-state index contributed by atoms with van der Waals surface area (Å²) in [5.74, 6) is 2.67. The molecule has 0 N–H and O–H groups in total. The third-order valence-corrected chi connectivity index (χ3v) is 4.94. The second kappa shape index (κ2) is 8.21. The van der Waals surface area contributed by atoms with E-state index in [9.17, 15) is 0 Å². The first-order valence-electron chi connectivity index (χ1n) is 8.56. The fourth-order valence-electron chi connectivity index (χ4n) is 2.71. The number of aromatic nitrogens is 3. The second-order valence-electron chi connectivity index (χ2n) is 5.79. The van der Waals surface area contributed by atoms with Gasteiger partial charge in [-0.15, -0.1) is 10.2 Å². The standard InChI is InChI=1S/C20H23N3OS/c1-4-23-19(17-9-11-18(12-10-17)24-5-2)21-22-20(23)25-14-16-8-6-7-15(3)13-16/h6-13H,4-5,14H2,1-3H3. The molecule has 0 atom stereocenters. The van der Waals surface area contributed by atoms with Gasteiger partial charge in [-0.1, -0.05) is 41.6 Å². The van der Waals surface area contributed by atoms with Gasteiger partial charge < -0.3 is 9.30 Å². The molecule has 0 saturated carbocycles. The molecule has 1 aromatic heterocycles. The number of nitrogens with zero attached hydrogens (tertiary/aromatic N) is 3. The summed E-state index contributed by atoms with van der Waals surface area (Å²) in [6, 6.07) is 16.6. The molecule has 130 valence electrons. The highest BCUT2D eigenvalue weighted by Crippen LogP contribution is 2.27. The lowest BCUT2D eigenvalue weighted by Gasteiger charge is -2.08. The smallest absolute Gasteiger partial charge is 0.191 e. The molecule has 0 aliphatic rings. The molecule has 0 spiro atoms. The molecule has 0 aliphatic carbocycles. The van der Waals surface area contributed by atoms with Crippen LogP contribution in [0, 0.1) is 6.92 Å². The molecule has 1 heterocycles. The van der Waals surface area contributed by atoms with Gasteiger partial charge in [0.15, 0.2) is 11.0 Å². The highest BCUT2D eigenvalue weighted by Gasteiger charge is 2.13. The normalized spacial score (nSPS) is 10.8. The van der Waals surface area contributed by atoms with Gasteiger partial charge in [0.1, 0.15) is 5.75 Å². The molecular formula is C20H23N3OS. The number of benzene rings is 2. The molecule has 0 fully saturated rings. The molecule has 3 aromatic rings. The minimum atomic E-state index is 0.671. The van der Waals surface area contributed by atoms with Gasteiger partial charge in [0, 0.05) is 17.9 Å². The first-order valence-corrected chi connectivity index (χ1v) is 9.54. The monoisotopic (exact) mass is 353 g/mol. The first-order chi connectivity index (χ1) is 12.2. The van der Waals surface area contributed by atoms with E-state index in [-0.39, 0.29) is 0 Å². The Morgan fingerprint density at radius 2 is 1.84 bits per heavy atom. The lowest BCUT2D eigenvalue weighted by atomic mass is 10.2. The fraction of sp³-hybridized carbons (Fsp3) is 0.300. The molecule has 0 radical (unpaired) electrons. The van der Waals surface area contributed by atoms with Crippen LogP contribution in [0.5, 0.6) is 5.75 Å². The van der Waals surface area contributed by atoms with E-state index < -0.39 is 0 Å².